The zero-order valence-electron chi connectivity index (χ0n) is 13.6. The molecular weight excluding hydrogens is 288 g/mol. The van der Waals surface area contributed by atoms with Crippen LogP contribution in [0.4, 0.5) is 10.5 Å². The highest BCUT2D eigenvalue weighted by molar-refractivity contribution is 5.90. The summed E-state index contributed by atoms with van der Waals surface area (Å²) >= 11 is 0. The Balaban J connectivity index is 1.36. The Labute approximate surface area is 135 Å². The summed E-state index contributed by atoms with van der Waals surface area (Å²) in [6.07, 6.45) is 3.58. The van der Waals surface area contributed by atoms with E-state index >= 15 is 0 Å². The van der Waals surface area contributed by atoms with Crippen LogP contribution in [0.2, 0.25) is 0 Å². The molecule has 2 atom stereocenters. The number of amides is 2. The number of H-pyrrole nitrogens is 1. The topological polar surface area (TPSA) is 69.8 Å². The molecule has 1 aromatic heterocycles. The van der Waals surface area contributed by atoms with E-state index < -0.39 is 0 Å². The molecule has 1 aromatic carbocycles. The number of carbonyl (C=O) groups excluding carboxylic acids is 1. The van der Waals surface area contributed by atoms with Gasteiger partial charge in [-0.2, -0.15) is 5.10 Å². The van der Waals surface area contributed by atoms with Gasteiger partial charge >= 0.3 is 6.03 Å². The van der Waals surface area contributed by atoms with E-state index in [1.54, 1.807) is 0 Å². The van der Waals surface area contributed by atoms with Gasteiger partial charge in [-0.05, 0) is 50.2 Å². The highest BCUT2D eigenvalue weighted by Gasteiger charge is 2.57. The standard InChI is InChI=1S/C18H22N4O/c1-11-16(12(2)22-21-11)20-17(23)19-10-14-9-18(14)8-7-13-5-3-4-6-15(13)18/h3-6,14H,7-10H2,1-2H3,(H,21,22)(H2,19,20,23)/t14-,18+/m1/s1. The summed E-state index contributed by atoms with van der Waals surface area (Å²) in [4.78, 5) is 12.1. The second-order valence-electron chi connectivity index (χ2n) is 6.86. The van der Waals surface area contributed by atoms with Crippen LogP contribution in [-0.4, -0.2) is 22.8 Å². The minimum Gasteiger partial charge on any atom is -0.338 e. The van der Waals surface area contributed by atoms with Crippen molar-refractivity contribution in [3.63, 3.8) is 0 Å². The van der Waals surface area contributed by atoms with E-state index in [1.807, 2.05) is 13.8 Å². The van der Waals surface area contributed by atoms with Crippen molar-refractivity contribution in [2.75, 3.05) is 11.9 Å². The van der Waals surface area contributed by atoms with E-state index in [4.69, 9.17) is 0 Å². The number of aromatic amines is 1. The van der Waals surface area contributed by atoms with Gasteiger partial charge in [-0.1, -0.05) is 24.3 Å². The van der Waals surface area contributed by atoms with Gasteiger partial charge in [0.2, 0.25) is 0 Å². The van der Waals surface area contributed by atoms with Gasteiger partial charge in [-0.15, -0.1) is 0 Å². The van der Waals surface area contributed by atoms with E-state index in [0.29, 0.717) is 11.3 Å². The van der Waals surface area contributed by atoms with Gasteiger partial charge in [0.25, 0.3) is 0 Å². The third-order valence-corrected chi connectivity index (χ3v) is 5.50. The SMILES string of the molecule is Cc1n[nH]c(C)c1NC(=O)NC[C@H]1C[C@@]12CCc1ccccc12. The molecule has 0 radical (unpaired) electrons. The minimum atomic E-state index is -0.147. The van der Waals surface area contributed by atoms with Crippen LogP contribution in [0.25, 0.3) is 0 Å². The molecule has 0 unspecified atom stereocenters. The molecule has 120 valence electrons. The molecule has 5 nitrogen and oxygen atoms in total. The van der Waals surface area contributed by atoms with Gasteiger partial charge in [0.05, 0.1) is 17.1 Å². The van der Waals surface area contributed by atoms with Gasteiger partial charge in [0.1, 0.15) is 0 Å². The first-order valence-electron chi connectivity index (χ1n) is 8.25. The van der Waals surface area contributed by atoms with E-state index in [9.17, 15) is 4.79 Å². The molecule has 1 saturated carbocycles. The molecule has 0 saturated heterocycles. The van der Waals surface area contributed by atoms with Crippen molar-refractivity contribution in [1.82, 2.24) is 15.5 Å². The number of benzene rings is 1. The van der Waals surface area contributed by atoms with E-state index in [-0.39, 0.29) is 6.03 Å². The molecule has 1 fully saturated rings. The number of aromatic nitrogens is 2. The fourth-order valence-electron chi connectivity index (χ4n) is 4.11. The smallest absolute Gasteiger partial charge is 0.319 e. The summed E-state index contributed by atoms with van der Waals surface area (Å²) in [5, 5.41) is 12.9. The van der Waals surface area contributed by atoms with Gasteiger partial charge in [0, 0.05) is 12.0 Å². The van der Waals surface area contributed by atoms with Gasteiger partial charge in [-0.3, -0.25) is 5.10 Å². The van der Waals surface area contributed by atoms with Crippen molar-refractivity contribution in [2.45, 2.75) is 38.5 Å². The molecule has 2 amide bonds. The summed E-state index contributed by atoms with van der Waals surface area (Å²) in [5.41, 5.74) is 5.79. The van der Waals surface area contributed by atoms with Crippen LogP contribution in [0.15, 0.2) is 24.3 Å². The van der Waals surface area contributed by atoms with Gasteiger partial charge < -0.3 is 10.6 Å². The zero-order chi connectivity index (χ0) is 16.0. The Morgan fingerprint density at radius 1 is 1.39 bits per heavy atom. The number of hydrogen-bond acceptors (Lipinski definition) is 2. The van der Waals surface area contributed by atoms with E-state index in [2.05, 4.69) is 45.1 Å². The Hall–Kier alpha value is -2.30. The van der Waals surface area contributed by atoms with Crippen LogP contribution < -0.4 is 10.6 Å². The second-order valence-corrected chi connectivity index (χ2v) is 6.86. The highest BCUT2D eigenvalue weighted by Crippen LogP contribution is 2.61. The fourth-order valence-corrected chi connectivity index (χ4v) is 4.11. The maximum Gasteiger partial charge on any atom is 0.319 e. The maximum atomic E-state index is 12.1. The summed E-state index contributed by atoms with van der Waals surface area (Å²) in [6, 6.07) is 8.61. The normalized spacial score (nSPS) is 24.5. The Morgan fingerprint density at radius 2 is 2.22 bits per heavy atom. The molecule has 1 heterocycles. The van der Waals surface area contributed by atoms with Crippen LogP contribution in [0.1, 0.15) is 35.4 Å². The largest absolute Gasteiger partial charge is 0.338 e. The van der Waals surface area contributed by atoms with Crippen molar-refractivity contribution in [1.29, 1.82) is 0 Å². The maximum absolute atomic E-state index is 12.1. The summed E-state index contributed by atoms with van der Waals surface area (Å²) in [6.45, 7) is 4.52. The third-order valence-electron chi connectivity index (χ3n) is 5.50. The molecule has 3 N–H and O–H groups in total. The molecule has 4 rings (SSSR count). The van der Waals surface area contributed by atoms with Crippen molar-refractivity contribution in [3.8, 4) is 0 Å². The Bertz CT molecular complexity index is 747. The summed E-state index contributed by atoms with van der Waals surface area (Å²) in [7, 11) is 0. The lowest BCUT2D eigenvalue weighted by Gasteiger charge is -2.12. The Morgan fingerprint density at radius 3 is 3.00 bits per heavy atom. The fraction of sp³-hybridized carbons (Fsp3) is 0.444. The van der Waals surface area contributed by atoms with Crippen molar-refractivity contribution in [3.05, 3.63) is 46.8 Å². The summed E-state index contributed by atoms with van der Waals surface area (Å²) < 4.78 is 0. The number of anilines is 1. The number of nitrogens with zero attached hydrogens (tertiary/aromatic N) is 1. The first kappa shape index (κ1) is 14.3. The van der Waals surface area contributed by atoms with Crippen LogP contribution in [0.3, 0.4) is 0 Å². The van der Waals surface area contributed by atoms with Crippen molar-refractivity contribution >= 4 is 11.7 Å². The number of urea groups is 1. The second kappa shape index (κ2) is 5.11. The lowest BCUT2D eigenvalue weighted by atomic mass is 9.95. The first-order valence-corrected chi connectivity index (χ1v) is 8.25. The molecule has 5 heteroatoms. The molecule has 0 bridgehead atoms. The Kier molecular flexibility index (Phi) is 3.18. The molecular formula is C18H22N4O. The molecule has 23 heavy (non-hydrogen) atoms. The monoisotopic (exact) mass is 310 g/mol. The number of aryl methyl sites for hydroxylation is 3. The number of nitrogens with one attached hydrogen (secondary N) is 3. The first-order chi connectivity index (χ1) is 11.1. The van der Waals surface area contributed by atoms with E-state index in [0.717, 1.165) is 23.6 Å². The summed E-state index contributed by atoms with van der Waals surface area (Å²) in [5.74, 6) is 0.559. The number of hydrogen-bond donors (Lipinski definition) is 3. The average molecular weight is 310 g/mol. The van der Waals surface area contributed by atoms with E-state index in [1.165, 1.54) is 30.4 Å². The van der Waals surface area contributed by atoms with Crippen molar-refractivity contribution in [2.24, 2.45) is 5.92 Å². The lowest BCUT2D eigenvalue weighted by molar-refractivity contribution is 0.251. The quantitative estimate of drug-likeness (QED) is 0.815. The molecule has 2 aliphatic rings. The van der Waals surface area contributed by atoms with Crippen LogP contribution in [0.5, 0.6) is 0 Å². The van der Waals surface area contributed by atoms with Crippen LogP contribution in [-0.2, 0) is 11.8 Å². The average Bonchev–Trinajstić information content (AvgIpc) is 3.02. The highest BCUT2D eigenvalue weighted by atomic mass is 16.2. The number of carbonyl (C=O) groups is 1. The molecule has 1 spiro atoms. The third kappa shape index (κ3) is 2.31. The predicted molar refractivity (Wildman–Crippen MR) is 89.6 cm³/mol. The number of fused-ring (bicyclic) bond motifs is 2. The van der Waals surface area contributed by atoms with Gasteiger partial charge in [-0.25, -0.2) is 4.79 Å². The van der Waals surface area contributed by atoms with Crippen LogP contribution in [0, 0.1) is 19.8 Å². The number of rotatable bonds is 3. The zero-order valence-corrected chi connectivity index (χ0v) is 13.6. The van der Waals surface area contributed by atoms with Crippen molar-refractivity contribution < 1.29 is 4.79 Å². The molecule has 2 aliphatic carbocycles. The minimum absolute atomic E-state index is 0.147. The molecule has 2 aromatic rings. The van der Waals surface area contributed by atoms with Gasteiger partial charge in [0.15, 0.2) is 0 Å². The lowest BCUT2D eigenvalue weighted by Crippen LogP contribution is -2.32. The predicted octanol–water partition coefficient (Wildman–Crippen LogP) is 3.05. The molecule has 0 aliphatic heterocycles. The van der Waals surface area contributed by atoms with Crippen LogP contribution >= 0.6 is 0 Å².